The van der Waals surface area contributed by atoms with Crippen LogP contribution in [0.4, 0.5) is 4.39 Å². The number of carbonyl (C=O) groups excluding carboxylic acids is 2. The fourth-order valence-corrected chi connectivity index (χ4v) is 3.16. The molecule has 0 aliphatic heterocycles. The maximum absolute atomic E-state index is 13.4. The highest BCUT2D eigenvalue weighted by Crippen LogP contribution is 2.18. The van der Waals surface area contributed by atoms with Crippen molar-refractivity contribution in [3.63, 3.8) is 0 Å². The zero-order chi connectivity index (χ0) is 20.7. The molecule has 2 aromatic rings. The van der Waals surface area contributed by atoms with Gasteiger partial charge in [0.05, 0.1) is 0 Å². The lowest BCUT2D eigenvalue weighted by molar-refractivity contribution is -0.142. The van der Waals surface area contributed by atoms with Crippen LogP contribution in [-0.4, -0.2) is 35.0 Å². The molecule has 3 N–H and O–H groups in total. The summed E-state index contributed by atoms with van der Waals surface area (Å²) in [6.07, 6.45) is 0.0970. The molecule has 0 bridgehead atoms. The van der Waals surface area contributed by atoms with Crippen molar-refractivity contribution in [2.45, 2.75) is 31.8 Å². The number of amides is 2. The van der Waals surface area contributed by atoms with Gasteiger partial charge in [-0.25, -0.2) is 9.18 Å². The Hall–Kier alpha value is -2.74. The fraction of sp³-hybridized carbons (Fsp3) is 0.250. The van der Waals surface area contributed by atoms with Crippen molar-refractivity contribution in [3.05, 3.63) is 69.9 Å². The number of hydrogen-bond donors (Lipinski definition) is 3. The SMILES string of the molecule is CC(=O)N[C@H](Cc1cccc(F)c1)C(=O)N[C@@H](Cc1ccccc1Br)C(=O)O. The number of halogens is 2. The summed E-state index contributed by atoms with van der Waals surface area (Å²) in [4.78, 5) is 35.8. The Morgan fingerprint density at radius 1 is 1.04 bits per heavy atom. The number of carboxylic acids is 1. The van der Waals surface area contributed by atoms with E-state index in [4.69, 9.17) is 0 Å². The molecule has 2 rings (SSSR count). The van der Waals surface area contributed by atoms with Gasteiger partial charge in [-0.2, -0.15) is 0 Å². The third-order valence-electron chi connectivity index (χ3n) is 4.02. The molecule has 2 amide bonds. The molecular weight excluding hydrogens is 431 g/mol. The zero-order valence-corrected chi connectivity index (χ0v) is 16.7. The van der Waals surface area contributed by atoms with Gasteiger partial charge in [-0.1, -0.05) is 46.3 Å². The number of aliphatic carboxylic acids is 1. The van der Waals surface area contributed by atoms with Crippen molar-refractivity contribution in [2.75, 3.05) is 0 Å². The molecule has 0 saturated carbocycles. The van der Waals surface area contributed by atoms with Gasteiger partial charge in [0.1, 0.15) is 17.9 Å². The standard InChI is InChI=1S/C20H20BrFN2O4/c1-12(25)23-17(10-13-5-4-7-15(22)9-13)19(26)24-18(20(27)28)11-14-6-2-3-8-16(14)21/h2-9,17-18H,10-11H2,1H3,(H,23,25)(H,24,26)(H,27,28)/t17-,18+/m1/s1. The van der Waals surface area contributed by atoms with Crippen LogP contribution in [0.2, 0.25) is 0 Å². The molecule has 2 aromatic carbocycles. The van der Waals surface area contributed by atoms with E-state index in [1.165, 1.54) is 25.1 Å². The molecule has 6 nitrogen and oxygen atoms in total. The van der Waals surface area contributed by atoms with Gasteiger partial charge in [-0.05, 0) is 29.3 Å². The summed E-state index contributed by atoms with van der Waals surface area (Å²) in [6.45, 7) is 1.25. The van der Waals surface area contributed by atoms with Crippen molar-refractivity contribution < 1.29 is 23.9 Å². The van der Waals surface area contributed by atoms with Crippen LogP contribution in [0.5, 0.6) is 0 Å². The van der Waals surface area contributed by atoms with Crippen LogP contribution >= 0.6 is 15.9 Å². The summed E-state index contributed by atoms with van der Waals surface area (Å²) in [5.41, 5.74) is 1.22. The molecule has 148 valence electrons. The van der Waals surface area contributed by atoms with Gasteiger partial charge >= 0.3 is 5.97 Å². The highest BCUT2D eigenvalue weighted by Gasteiger charge is 2.27. The van der Waals surface area contributed by atoms with E-state index in [1.807, 2.05) is 0 Å². The number of rotatable bonds is 8. The van der Waals surface area contributed by atoms with E-state index in [2.05, 4.69) is 26.6 Å². The van der Waals surface area contributed by atoms with Gasteiger partial charge < -0.3 is 15.7 Å². The molecule has 0 saturated heterocycles. The van der Waals surface area contributed by atoms with Crippen LogP contribution in [0.3, 0.4) is 0 Å². The molecule has 0 aliphatic carbocycles. The molecule has 0 unspecified atom stereocenters. The highest BCUT2D eigenvalue weighted by molar-refractivity contribution is 9.10. The van der Waals surface area contributed by atoms with Crippen molar-refractivity contribution in [1.29, 1.82) is 0 Å². The minimum absolute atomic E-state index is 0.0323. The summed E-state index contributed by atoms with van der Waals surface area (Å²) < 4.78 is 14.1. The Morgan fingerprint density at radius 3 is 2.36 bits per heavy atom. The second-order valence-corrected chi connectivity index (χ2v) is 7.14. The van der Waals surface area contributed by atoms with E-state index in [-0.39, 0.29) is 12.8 Å². The van der Waals surface area contributed by atoms with Gasteiger partial charge in [0, 0.05) is 24.2 Å². The van der Waals surface area contributed by atoms with Crippen LogP contribution in [0, 0.1) is 5.82 Å². The predicted molar refractivity (Wildman–Crippen MR) is 105 cm³/mol. The number of benzene rings is 2. The molecule has 2 atom stereocenters. The van der Waals surface area contributed by atoms with Crippen LogP contribution in [0.15, 0.2) is 53.0 Å². The Kier molecular flexibility index (Phi) is 7.69. The third kappa shape index (κ3) is 6.45. The van der Waals surface area contributed by atoms with E-state index in [0.29, 0.717) is 5.56 Å². The second-order valence-electron chi connectivity index (χ2n) is 6.28. The first-order valence-corrected chi connectivity index (χ1v) is 9.33. The monoisotopic (exact) mass is 450 g/mol. The van der Waals surface area contributed by atoms with Crippen molar-refractivity contribution in [1.82, 2.24) is 10.6 Å². The Morgan fingerprint density at radius 2 is 1.75 bits per heavy atom. The van der Waals surface area contributed by atoms with E-state index >= 15 is 0 Å². The topological polar surface area (TPSA) is 95.5 Å². The van der Waals surface area contributed by atoms with Crippen LogP contribution in [0.25, 0.3) is 0 Å². The summed E-state index contributed by atoms with van der Waals surface area (Å²) >= 11 is 3.35. The fourth-order valence-electron chi connectivity index (χ4n) is 2.71. The van der Waals surface area contributed by atoms with E-state index in [9.17, 15) is 23.9 Å². The first kappa shape index (κ1) is 21.6. The minimum Gasteiger partial charge on any atom is -0.480 e. The molecule has 8 heteroatoms. The molecular formula is C20H20BrFN2O4. The number of carboxylic acid groups (broad SMARTS) is 1. The van der Waals surface area contributed by atoms with Crippen LogP contribution < -0.4 is 10.6 Å². The van der Waals surface area contributed by atoms with Crippen molar-refractivity contribution >= 4 is 33.7 Å². The largest absolute Gasteiger partial charge is 0.480 e. The van der Waals surface area contributed by atoms with E-state index in [0.717, 1.165) is 10.0 Å². The summed E-state index contributed by atoms with van der Waals surface area (Å²) in [5.74, 6) is -2.76. The summed E-state index contributed by atoms with van der Waals surface area (Å²) in [5, 5.41) is 14.5. The van der Waals surface area contributed by atoms with Gasteiger partial charge in [-0.3, -0.25) is 9.59 Å². The van der Waals surface area contributed by atoms with Gasteiger partial charge in [0.25, 0.3) is 0 Å². The maximum atomic E-state index is 13.4. The lowest BCUT2D eigenvalue weighted by atomic mass is 10.0. The maximum Gasteiger partial charge on any atom is 0.326 e. The normalized spacial score (nSPS) is 12.7. The third-order valence-corrected chi connectivity index (χ3v) is 4.79. The molecule has 0 aromatic heterocycles. The zero-order valence-electron chi connectivity index (χ0n) is 15.1. The average molecular weight is 451 g/mol. The molecule has 0 fully saturated rings. The smallest absolute Gasteiger partial charge is 0.326 e. The Bertz CT molecular complexity index is 875. The molecule has 0 spiro atoms. The Labute approximate surface area is 170 Å². The van der Waals surface area contributed by atoms with Crippen molar-refractivity contribution in [2.24, 2.45) is 0 Å². The molecule has 28 heavy (non-hydrogen) atoms. The molecule has 0 aliphatic rings. The highest BCUT2D eigenvalue weighted by atomic mass is 79.9. The van der Waals surface area contributed by atoms with Gasteiger partial charge in [-0.15, -0.1) is 0 Å². The Balaban J connectivity index is 2.15. The van der Waals surface area contributed by atoms with Gasteiger partial charge in [0.15, 0.2) is 0 Å². The first-order valence-electron chi connectivity index (χ1n) is 8.54. The quantitative estimate of drug-likeness (QED) is 0.575. The predicted octanol–water partition coefficient (Wildman–Crippen LogP) is 2.45. The summed E-state index contributed by atoms with van der Waals surface area (Å²) in [6, 6.07) is 10.5. The number of carbonyl (C=O) groups is 3. The van der Waals surface area contributed by atoms with E-state index in [1.54, 1.807) is 30.3 Å². The van der Waals surface area contributed by atoms with Crippen LogP contribution in [0.1, 0.15) is 18.1 Å². The van der Waals surface area contributed by atoms with E-state index < -0.39 is 35.7 Å². The average Bonchev–Trinajstić information content (AvgIpc) is 2.61. The lowest BCUT2D eigenvalue weighted by Gasteiger charge is -2.21. The van der Waals surface area contributed by atoms with Gasteiger partial charge in [0.2, 0.25) is 11.8 Å². The summed E-state index contributed by atoms with van der Waals surface area (Å²) in [7, 11) is 0. The van der Waals surface area contributed by atoms with Crippen LogP contribution in [-0.2, 0) is 27.2 Å². The van der Waals surface area contributed by atoms with Crippen molar-refractivity contribution in [3.8, 4) is 0 Å². The molecule has 0 heterocycles. The first-order chi connectivity index (χ1) is 13.3. The number of hydrogen-bond acceptors (Lipinski definition) is 3. The second kappa shape index (κ2) is 9.98. The molecule has 0 radical (unpaired) electrons. The lowest BCUT2D eigenvalue weighted by Crippen LogP contribution is -2.52. The minimum atomic E-state index is -1.20. The number of nitrogens with one attached hydrogen (secondary N) is 2.